The molecule has 1 N–H and O–H groups in total. The summed E-state index contributed by atoms with van der Waals surface area (Å²) in [6.45, 7) is 3.99. The maximum Gasteiger partial charge on any atom is 0.331 e. The highest BCUT2D eigenvalue weighted by atomic mass is 16.5. The van der Waals surface area contributed by atoms with Crippen LogP contribution in [0.1, 0.15) is 20.3 Å². The summed E-state index contributed by atoms with van der Waals surface area (Å²) in [5.41, 5.74) is 0. The number of hydrogen-bond donors (Lipinski definition) is 1. The molecule has 0 aliphatic heterocycles. The van der Waals surface area contributed by atoms with Crippen LogP contribution < -0.4 is 0 Å². The highest BCUT2D eigenvalue weighted by molar-refractivity contribution is 5.70. The SMILES string of the molecule is CC(C)CCOC(=O)CO. The van der Waals surface area contributed by atoms with Gasteiger partial charge in [-0.05, 0) is 12.3 Å². The first-order valence-corrected chi connectivity index (χ1v) is 3.43. The van der Waals surface area contributed by atoms with Crippen molar-refractivity contribution in [1.29, 1.82) is 0 Å². The van der Waals surface area contributed by atoms with Crippen molar-refractivity contribution >= 4 is 5.97 Å². The third kappa shape index (κ3) is 5.56. The fraction of sp³-hybridized carbons (Fsp3) is 0.857. The molecule has 0 saturated carbocycles. The van der Waals surface area contributed by atoms with E-state index >= 15 is 0 Å². The number of carbonyl (C=O) groups excluding carboxylic acids is 1. The van der Waals surface area contributed by atoms with Crippen LogP contribution >= 0.6 is 0 Å². The summed E-state index contributed by atoms with van der Waals surface area (Å²) >= 11 is 0. The average Bonchev–Trinajstić information content (AvgIpc) is 1.87. The van der Waals surface area contributed by atoms with E-state index in [2.05, 4.69) is 4.74 Å². The van der Waals surface area contributed by atoms with E-state index in [1.807, 2.05) is 13.8 Å². The summed E-state index contributed by atoms with van der Waals surface area (Å²) in [6, 6.07) is 0. The lowest BCUT2D eigenvalue weighted by atomic mass is 10.1. The van der Waals surface area contributed by atoms with Crippen LogP contribution in [0.25, 0.3) is 0 Å². The van der Waals surface area contributed by atoms with E-state index in [1.54, 1.807) is 0 Å². The van der Waals surface area contributed by atoms with Crippen LogP contribution in [0.3, 0.4) is 0 Å². The van der Waals surface area contributed by atoms with Crippen LogP contribution in [0.2, 0.25) is 0 Å². The first-order valence-electron chi connectivity index (χ1n) is 3.43. The lowest BCUT2D eigenvalue weighted by Crippen LogP contribution is -2.10. The predicted octanol–water partition coefficient (Wildman–Crippen LogP) is 0.568. The lowest BCUT2D eigenvalue weighted by Gasteiger charge is -2.04. The van der Waals surface area contributed by atoms with Gasteiger partial charge in [0.1, 0.15) is 6.61 Å². The zero-order valence-corrected chi connectivity index (χ0v) is 6.46. The highest BCUT2D eigenvalue weighted by Crippen LogP contribution is 1.98. The molecule has 0 spiro atoms. The van der Waals surface area contributed by atoms with Crippen LogP contribution in [-0.4, -0.2) is 24.3 Å². The first kappa shape index (κ1) is 9.43. The van der Waals surface area contributed by atoms with Gasteiger partial charge in [0.15, 0.2) is 0 Å². The number of aliphatic hydroxyl groups is 1. The van der Waals surface area contributed by atoms with Crippen molar-refractivity contribution in [3.8, 4) is 0 Å². The van der Waals surface area contributed by atoms with Crippen LogP contribution in [0.4, 0.5) is 0 Å². The monoisotopic (exact) mass is 146 g/mol. The molecular formula is C7H14O3. The Labute approximate surface area is 61.0 Å². The van der Waals surface area contributed by atoms with Gasteiger partial charge in [0.25, 0.3) is 0 Å². The van der Waals surface area contributed by atoms with E-state index in [9.17, 15) is 4.79 Å². The Kier molecular flexibility index (Phi) is 4.94. The zero-order chi connectivity index (χ0) is 7.98. The molecule has 0 rings (SSSR count). The molecule has 0 saturated heterocycles. The second-order valence-electron chi connectivity index (χ2n) is 2.56. The molecule has 0 aromatic heterocycles. The third-order valence-electron chi connectivity index (χ3n) is 1.09. The van der Waals surface area contributed by atoms with Crippen LogP contribution in [0.15, 0.2) is 0 Å². The van der Waals surface area contributed by atoms with E-state index < -0.39 is 12.6 Å². The number of carbonyl (C=O) groups is 1. The molecule has 0 fully saturated rings. The number of aliphatic hydroxyl groups excluding tert-OH is 1. The molecule has 10 heavy (non-hydrogen) atoms. The molecule has 60 valence electrons. The Hall–Kier alpha value is -0.570. The van der Waals surface area contributed by atoms with Crippen molar-refractivity contribution < 1.29 is 14.6 Å². The molecule has 0 amide bonds. The minimum Gasteiger partial charge on any atom is -0.464 e. The Morgan fingerprint density at radius 2 is 2.20 bits per heavy atom. The third-order valence-corrected chi connectivity index (χ3v) is 1.09. The fourth-order valence-electron chi connectivity index (χ4n) is 0.454. The van der Waals surface area contributed by atoms with Gasteiger partial charge in [0.2, 0.25) is 0 Å². The smallest absolute Gasteiger partial charge is 0.331 e. The molecule has 3 heteroatoms. The van der Waals surface area contributed by atoms with Gasteiger partial charge in [0, 0.05) is 0 Å². The molecule has 0 aromatic carbocycles. The molecule has 0 heterocycles. The van der Waals surface area contributed by atoms with Gasteiger partial charge < -0.3 is 9.84 Å². The minimum absolute atomic E-state index is 0.414. The van der Waals surface area contributed by atoms with Crippen molar-refractivity contribution in [3.63, 3.8) is 0 Å². The molecule has 0 aliphatic carbocycles. The lowest BCUT2D eigenvalue weighted by molar-refractivity contribution is -0.147. The number of ether oxygens (including phenoxy) is 1. The largest absolute Gasteiger partial charge is 0.464 e. The van der Waals surface area contributed by atoms with Gasteiger partial charge in [-0.3, -0.25) is 0 Å². The topological polar surface area (TPSA) is 46.5 Å². The molecule has 0 radical (unpaired) electrons. The van der Waals surface area contributed by atoms with E-state index in [-0.39, 0.29) is 0 Å². The molecule has 0 aromatic rings. The van der Waals surface area contributed by atoms with Gasteiger partial charge in [-0.15, -0.1) is 0 Å². The molecule has 0 aliphatic rings. The van der Waals surface area contributed by atoms with Crippen LogP contribution in [0.5, 0.6) is 0 Å². The van der Waals surface area contributed by atoms with Crippen molar-refractivity contribution in [2.24, 2.45) is 5.92 Å². The van der Waals surface area contributed by atoms with Crippen molar-refractivity contribution in [1.82, 2.24) is 0 Å². The second-order valence-corrected chi connectivity index (χ2v) is 2.56. The number of hydrogen-bond acceptors (Lipinski definition) is 3. The van der Waals surface area contributed by atoms with E-state index in [0.717, 1.165) is 6.42 Å². The van der Waals surface area contributed by atoms with Gasteiger partial charge in [-0.25, -0.2) is 4.79 Å². The van der Waals surface area contributed by atoms with Crippen molar-refractivity contribution in [3.05, 3.63) is 0 Å². The van der Waals surface area contributed by atoms with E-state index in [0.29, 0.717) is 12.5 Å². The van der Waals surface area contributed by atoms with Gasteiger partial charge in [0.05, 0.1) is 6.61 Å². The summed E-state index contributed by atoms with van der Waals surface area (Å²) in [7, 11) is 0. The maximum atomic E-state index is 10.3. The molecular weight excluding hydrogens is 132 g/mol. The van der Waals surface area contributed by atoms with Gasteiger partial charge in [-0.2, -0.15) is 0 Å². The number of rotatable bonds is 4. The zero-order valence-electron chi connectivity index (χ0n) is 6.46. The van der Waals surface area contributed by atoms with Crippen molar-refractivity contribution in [2.75, 3.05) is 13.2 Å². The average molecular weight is 146 g/mol. The predicted molar refractivity (Wildman–Crippen MR) is 37.5 cm³/mol. The Morgan fingerprint density at radius 3 is 2.60 bits per heavy atom. The standard InChI is InChI=1S/C7H14O3/c1-6(2)3-4-10-7(9)5-8/h6,8H,3-5H2,1-2H3. The second kappa shape index (κ2) is 5.23. The summed E-state index contributed by atoms with van der Waals surface area (Å²) in [4.78, 5) is 10.3. The highest BCUT2D eigenvalue weighted by Gasteiger charge is 1.99. The Balaban J connectivity index is 3.12. The van der Waals surface area contributed by atoms with Gasteiger partial charge >= 0.3 is 5.97 Å². The summed E-state index contributed by atoms with van der Waals surface area (Å²) in [5.74, 6) is -0.00728. The summed E-state index contributed by atoms with van der Waals surface area (Å²) in [6.07, 6.45) is 0.853. The molecule has 0 atom stereocenters. The fourth-order valence-corrected chi connectivity index (χ4v) is 0.454. The maximum absolute atomic E-state index is 10.3. The van der Waals surface area contributed by atoms with Crippen LogP contribution in [-0.2, 0) is 9.53 Å². The normalized spacial score (nSPS) is 10.0. The van der Waals surface area contributed by atoms with Gasteiger partial charge in [-0.1, -0.05) is 13.8 Å². The summed E-state index contributed by atoms with van der Waals surface area (Å²) in [5, 5.41) is 8.23. The van der Waals surface area contributed by atoms with Crippen molar-refractivity contribution in [2.45, 2.75) is 20.3 Å². The quantitative estimate of drug-likeness (QED) is 0.590. The molecule has 3 nitrogen and oxygen atoms in total. The molecule has 0 unspecified atom stereocenters. The summed E-state index contributed by atoms with van der Waals surface area (Å²) < 4.78 is 4.61. The Morgan fingerprint density at radius 1 is 1.60 bits per heavy atom. The molecule has 0 bridgehead atoms. The van der Waals surface area contributed by atoms with E-state index in [4.69, 9.17) is 5.11 Å². The Bertz CT molecular complexity index is 99.0. The minimum atomic E-state index is -0.541. The van der Waals surface area contributed by atoms with E-state index in [1.165, 1.54) is 0 Å². The van der Waals surface area contributed by atoms with Crippen LogP contribution in [0, 0.1) is 5.92 Å². The number of esters is 1. The first-order chi connectivity index (χ1) is 4.66.